The number of esters is 3. The number of ether oxygens (including phenoxy) is 3. The summed E-state index contributed by atoms with van der Waals surface area (Å²) in [6.07, 6.45) is 81.2. The van der Waals surface area contributed by atoms with Gasteiger partial charge in [-0.1, -0.05) is 360 Å². The maximum atomic E-state index is 12.9. The van der Waals surface area contributed by atoms with Crippen molar-refractivity contribution in [1.29, 1.82) is 0 Å². The van der Waals surface area contributed by atoms with Crippen LogP contribution in [-0.4, -0.2) is 37.2 Å². The third-order valence-electron chi connectivity index (χ3n) is 16.5. The monoisotopic (exact) mass is 1100 g/mol. The van der Waals surface area contributed by atoms with E-state index in [1.54, 1.807) is 0 Å². The first-order chi connectivity index (χ1) is 38.5. The Labute approximate surface area is 488 Å². The van der Waals surface area contributed by atoms with Crippen molar-refractivity contribution in [2.24, 2.45) is 0 Å². The number of hydrogen-bond acceptors (Lipinski definition) is 6. The van der Waals surface area contributed by atoms with Gasteiger partial charge in [0, 0.05) is 19.3 Å². The van der Waals surface area contributed by atoms with Crippen molar-refractivity contribution in [3.05, 3.63) is 12.2 Å². The van der Waals surface area contributed by atoms with Crippen molar-refractivity contribution in [1.82, 2.24) is 0 Å². The van der Waals surface area contributed by atoms with Gasteiger partial charge in [-0.25, -0.2) is 0 Å². The normalized spacial score (nSPS) is 12.0. The summed E-state index contributed by atoms with van der Waals surface area (Å²) in [5.41, 5.74) is 0. The molecular formula is C72H138O6. The van der Waals surface area contributed by atoms with E-state index < -0.39 is 6.10 Å². The first-order valence-electron chi connectivity index (χ1n) is 35.7. The molecule has 0 fully saturated rings. The van der Waals surface area contributed by atoms with E-state index in [1.807, 2.05) is 0 Å². The van der Waals surface area contributed by atoms with Crippen LogP contribution in [0.15, 0.2) is 12.2 Å². The zero-order chi connectivity index (χ0) is 56.4. The van der Waals surface area contributed by atoms with E-state index in [0.717, 1.165) is 64.2 Å². The summed E-state index contributed by atoms with van der Waals surface area (Å²) in [6.45, 7) is 6.71. The molecule has 6 heteroatoms. The first-order valence-corrected chi connectivity index (χ1v) is 35.7. The number of carbonyl (C=O) groups excluding carboxylic acids is 3. The maximum Gasteiger partial charge on any atom is 0.306 e. The lowest BCUT2D eigenvalue weighted by Gasteiger charge is -2.18. The van der Waals surface area contributed by atoms with E-state index in [2.05, 4.69) is 32.9 Å². The highest BCUT2D eigenvalue weighted by Crippen LogP contribution is 2.19. The molecule has 0 aromatic carbocycles. The number of hydrogen-bond donors (Lipinski definition) is 0. The molecule has 1 atom stereocenters. The van der Waals surface area contributed by atoms with E-state index in [4.69, 9.17) is 14.2 Å². The molecule has 0 aliphatic rings. The molecule has 0 amide bonds. The van der Waals surface area contributed by atoms with Gasteiger partial charge in [0.25, 0.3) is 0 Å². The standard InChI is InChI=1S/C72H138O6/c1-4-7-10-13-16-19-22-25-27-29-30-31-32-33-34-35-36-37-38-39-40-41-42-43-45-47-50-53-56-59-62-65-71(74)77-68-69(67-76-70(73)64-61-58-55-52-49-46-24-21-18-15-12-9-6-3)78-72(75)66-63-60-57-54-51-48-44-28-26-23-20-17-14-11-8-5-2/h28,44,69H,4-27,29-43,45-68H2,1-3H3/b44-28-. The summed E-state index contributed by atoms with van der Waals surface area (Å²) >= 11 is 0. The maximum absolute atomic E-state index is 12.9. The molecule has 0 saturated heterocycles. The van der Waals surface area contributed by atoms with Crippen LogP contribution in [0, 0.1) is 0 Å². The molecule has 0 spiro atoms. The SMILES string of the molecule is CCCCCCCCC/C=C\CCCCCCCC(=O)OC(COC(=O)CCCCCCCCCCCCCCC)COC(=O)CCCCCCCCCCCCCCCCCCCCCCCCCCCCCCCCC. The largest absolute Gasteiger partial charge is 0.462 e. The third kappa shape index (κ3) is 65.0. The number of unbranched alkanes of at least 4 members (excludes halogenated alkanes) is 54. The molecule has 0 rings (SSSR count). The minimum absolute atomic E-state index is 0.0668. The topological polar surface area (TPSA) is 78.9 Å². The van der Waals surface area contributed by atoms with Crippen molar-refractivity contribution in [3.8, 4) is 0 Å². The molecule has 0 heterocycles. The van der Waals surface area contributed by atoms with Crippen molar-refractivity contribution < 1.29 is 28.6 Å². The van der Waals surface area contributed by atoms with Crippen molar-refractivity contribution in [3.63, 3.8) is 0 Å². The van der Waals surface area contributed by atoms with Gasteiger partial charge in [0.15, 0.2) is 6.10 Å². The molecule has 0 aliphatic heterocycles. The summed E-state index contributed by atoms with van der Waals surface area (Å²) < 4.78 is 17.0. The Morgan fingerprint density at radius 2 is 0.423 bits per heavy atom. The Morgan fingerprint density at radius 1 is 0.244 bits per heavy atom. The lowest BCUT2D eigenvalue weighted by molar-refractivity contribution is -0.167. The van der Waals surface area contributed by atoms with Gasteiger partial charge in [-0.15, -0.1) is 0 Å². The molecule has 462 valence electrons. The lowest BCUT2D eigenvalue weighted by atomic mass is 10.0. The Morgan fingerprint density at radius 3 is 0.641 bits per heavy atom. The lowest BCUT2D eigenvalue weighted by Crippen LogP contribution is -2.30. The molecule has 0 radical (unpaired) electrons. The number of carbonyl (C=O) groups is 3. The summed E-state index contributed by atoms with van der Waals surface area (Å²) in [5.74, 6) is -0.843. The van der Waals surface area contributed by atoms with Crippen molar-refractivity contribution >= 4 is 17.9 Å². The number of allylic oxidation sites excluding steroid dienone is 2. The zero-order valence-corrected chi connectivity index (χ0v) is 53.2. The highest BCUT2D eigenvalue weighted by molar-refractivity contribution is 5.71. The fourth-order valence-electron chi connectivity index (χ4n) is 11.2. The van der Waals surface area contributed by atoms with E-state index in [-0.39, 0.29) is 31.1 Å². The fourth-order valence-corrected chi connectivity index (χ4v) is 11.2. The van der Waals surface area contributed by atoms with Gasteiger partial charge >= 0.3 is 17.9 Å². The van der Waals surface area contributed by atoms with E-state index in [0.29, 0.717) is 19.3 Å². The quantitative estimate of drug-likeness (QED) is 0.0261. The van der Waals surface area contributed by atoms with Gasteiger partial charge in [0.05, 0.1) is 0 Å². The second kappa shape index (κ2) is 67.7. The van der Waals surface area contributed by atoms with Crippen LogP contribution < -0.4 is 0 Å². The van der Waals surface area contributed by atoms with Crippen LogP contribution >= 0.6 is 0 Å². The Hall–Kier alpha value is -1.85. The fraction of sp³-hybridized carbons (Fsp3) is 0.931. The Kier molecular flexibility index (Phi) is 66.0. The zero-order valence-electron chi connectivity index (χ0n) is 53.2. The van der Waals surface area contributed by atoms with Crippen LogP contribution in [0.1, 0.15) is 412 Å². The van der Waals surface area contributed by atoms with E-state index in [1.165, 1.54) is 308 Å². The van der Waals surface area contributed by atoms with Crippen LogP contribution in [-0.2, 0) is 28.6 Å². The van der Waals surface area contributed by atoms with E-state index >= 15 is 0 Å². The number of rotatable bonds is 67. The molecule has 0 aromatic rings. The van der Waals surface area contributed by atoms with Gasteiger partial charge in [-0.3, -0.25) is 14.4 Å². The van der Waals surface area contributed by atoms with Gasteiger partial charge in [0.1, 0.15) is 13.2 Å². The molecule has 6 nitrogen and oxygen atoms in total. The van der Waals surface area contributed by atoms with Crippen LogP contribution in [0.5, 0.6) is 0 Å². The molecule has 0 N–H and O–H groups in total. The average molecular weight is 1100 g/mol. The Balaban J connectivity index is 4.10. The third-order valence-corrected chi connectivity index (χ3v) is 16.5. The minimum atomic E-state index is -0.770. The molecule has 1 unspecified atom stereocenters. The molecule has 0 bridgehead atoms. The molecule has 0 aromatic heterocycles. The summed E-state index contributed by atoms with van der Waals surface area (Å²) in [6, 6.07) is 0. The van der Waals surface area contributed by atoms with Gasteiger partial charge in [0.2, 0.25) is 0 Å². The van der Waals surface area contributed by atoms with Crippen LogP contribution in [0.25, 0.3) is 0 Å². The molecule has 0 aliphatic carbocycles. The second-order valence-electron chi connectivity index (χ2n) is 24.5. The minimum Gasteiger partial charge on any atom is -0.462 e. The second-order valence-corrected chi connectivity index (χ2v) is 24.5. The van der Waals surface area contributed by atoms with Gasteiger partial charge < -0.3 is 14.2 Å². The van der Waals surface area contributed by atoms with Crippen LogP contribution in [0.4, 0.5) is 0 Å². The van der Waals surface area contributed by atoms with Crippen molar-refractivity contribution in [2.75, 3.05) is 13.2 Å². The molecule has 0 saturated carbocycles. The smallest absolute Gasteiger partial charge is 0.306 e. The first kappa shape index (κ1) is 76.1. The van der Waals surface area contributed by atoms with Gasteiger partial charge in [-0.05, 0) is 44.9 Å². The average Bonchev–Trinajstić information content (AvgIpc) is 3.44. The Bertz CT molecular complexity index is 1210. The molecular weight excluding hydrogens is 961 g/mol. The van der Waals surface area contributed by atoms with Crippen molar-refractivity contribution in [2.45, 2.75) is 419 Å². The molecule has 78 heavy (non-hydrogen) atoms. The highest BCUT2D eigenvalue weighted by Gasteiger charge is 2.19. The summed E-state index contributed by atoms with van der Waals surface area (Å²) in [5, 5.41) is 0. The summed E-state index contributed by atoms with van der Waals surface area (Å²) in [4.78, 5) is 38.3. The predicted octanol–water partition coefficient (Wildman–Crippen LogP) is 24.4. The highest BCUT2D eigenvalue weighted by atomic mass is 16.6. The van der Waals surface area contributed by atoms with Gasteiger partial charge in [-0.2, -0.15) is 0 Å². The summed E-state index contributed by atoms with van der Waals surface area (Å²) in [7, 11) is 0. The van der Waals surface area contributed by atoms with Crippen LogP contribution in [0.2, 0.25) is 0 Å². The van der Waals surface area contributed by atoms with Crippen LogP contribution in [0.3, 0.4) is 0 Å². The predicted molar refractivity (Wildman–Crippen MR) is 340 cm³/mol. The van der Waals surface area contributed by atoms with E-state index in [9.17, 15) is 14.4 Å².